The zero-order valence-electron chi connectivity index (χ0n) is 15.3. The number of benzene rings is 1. The molecule has 0 amide bonds. The maximum atomic E-state index is 12.7. The third-order valence-corrected chi connectivity index (χ3v) is 6.53. The van der Waals surface area contributed by atoms with E-state index in [0.29, 0.717) is 10.5 Å². The van der Waals surface area contributed by atoms with Crippen molar-refractivity contribution in [3.8, 4) is 0 Å². The number of imidazole rings is 1. The van der Waals surface area contributed by atoms with Crippen molar-refractivity contribution < 1.29 is 9.53 Å². The van der Waals surface area contributed by atoms with Gasteiger partial charge in [-0.15, -0.1) is 28.3 Å². The van der Waals surface area contributed by atoms with Gasteiger partial charge in [-0.25, -0.2) is 0 Å². The summed E-state index contributed by atoms with van der Waals surface area (Å²) in [6.07, 6.45) is 0. The minimum Gasteiger partial charge on any atom is -0.379 e. The topological polar surface area (TPSA) is 63.2 Å². The molecule has 0 bridgehead atoms. The lowest BCUT2D eigenvalue weighted by Gasteiger charge is -2.26. The number of rotatable bonds is 6. The number of ketones is 1. The first-order valence-electron chi connectivity index (χ1n) is 8.95. The third-order valence-electron chi connectivity index (χ3n) is 4.87. The summed E-state index contributed by atoms with van der Waals surface area (Å²) >= 11 is 4.84. The van der Waals surface area contributed by atoms with Gasteiger partial charge in [-0.3, -0.25) is 15.1 Å². The summed E-state index contributed by atoms with van der Waals surface area (Å²) in [5, 5.41) is 8.68. The van der Waals surface area contributed by atoms with Crippen molar-refractivity contribution >= 4 is 61.1 Å². The van der Waals surface area contributed by atoms with Gasteiger partial charge >= 0.3 is 0 Å². The summed E-state index contributed by atoms with van der Waals surface area (Å²) < 4.78 is 10.2. The van der Waals surface area contributed by atoms with E-state index < -0.39 is 0 Å². The normalized spacial score (nSPS) is 14.9. The summed E-state index contributed by atoms with van der Waals surface area (Å²) in [5.74, 6) is 0.0280. The third kappa shape index (κ3) is 4.49. The van der Waals surface area contributed by atoms with Crippen molar-refractivity contribution in [3.63, 3.8) is 0 Å². The van der Waals surface area contributed by atoms with Crippen LogP contribution < -0.4 is 5.62 Å². The monoisotopic (exact) mass is 528 g/mol. The average Bonchev–Trinajstić information content (AvgIpc) is 3.23. The molecule has 0 saturated carbocycles. The molecule has 0 radical (unpaired) electrons. The summed E-state index contributed by atoms with van der Waals surface area (Å²) in [5.41, 5.74) is 2.29. The van der Waals surface area contributed by atoms with E-state index in [4.69, 9.17) is 10.1 Å². The number of fused-ring (bicyclic) bond motifs is 1. The van der Waals surface area contributed by atoms with Gasteiger partial charge in [-0.1, -0.05) is 12.1 Å². The highest BCUT2D eigenvalue weighted by Gasteiger charge is 2.17. The zero-order chi connectivity index (χ0) is 18.8. The van der Waals surface area contributed by atoms with Crippen LogP contribution in [0.3, 0.4) is 0 Å². The van der Waals surface area contributed by atoms with E-state index in [1.807, 2.05) is 45.5 Å². The lowest BCUT2D eigenvalue weighted by atomic mass is 10.3. The molecule has 1 aromatic carbocycles. The van der Waals surface area contributed by atoms with E-state index >= 15 is 0 Å². The Morgan fingerprint density at radius 3 is 2.39 bits per heavy atom. The Labute approximate surface area is 186 Å². The molecule has 0 spiro atoms. The Hall–Kier alpha value is -1.26. The van der Waals surface area contributed by atoms with Gasteiger partial charge in [0.2, 0.25) is 5.62 Å². The van der Waals surface area contributed by atoms with Gasteiger partial charge in [-0.2, -0.15) is 0 Å². The van der Waals surface area contributed by atoms with Crippen molar-refractivity contribution in [2.75, 3.05) is 32.8 Å². The van der Waals surface area contributed by atoms with Crippen LogP contribution in [0.2, 0.25) is 0 Å². The highest BCUT2D eigenvalue weighted by Crippen LogP contribution is 2.23. The van der Waals surface area contributed by atoms with Gasteiger partial charge in [0.25, 0.3) is 0 Å². The van der Waals surface area contributed by atoms with Crippen molar-refractivity contribution in [3.05, 3.63) is 50.7 Å². The number of halogens is 2. The number of nitrogens with one attached hydrogen (secondary N) is 1. The summed E-state index contributed by atoms with van der Waals surface area (Å²) in [4.78, 5) is 15.8. The molecular formula is C19H22Br2N4O2S. The number of carbonyl (C=O) groups is 1. The number of hydrogen-bond donors (Lipinski definition) is 1. The molecule has 150 valence electrons. The minimum absolute atomic E-state index is 0. The number of nitrogens with zero attached hydrogens (tertiary/aromatic N) is 3. The molecule has 4 rings (SSSR count). The molecule has 0 atom stereocenters. The van der Waals surface area contributed by atoms with Crippen LogP contribution in [0, 0.1) is 5.41 Å². The largest absolute Gasteiger partial charge is 0.379 e. The zero-order valence-corrected chi connectivity index (χ0v) is 19.4. The van der Waals surface area contributed by atoms with Crippen molar-refractivity contribution in [1.82, 2.24) is 14.0 Å². The molecular weight excluding hydrogens is 508 g/mol. The molecule has 0 unspecified atom stereocenters. The fourth-order valence-electron chi connectivity index (χ4n) is 3.43. The molecule has 28 heavy (non-hydrogen) atoms. The first kappa shape index (κ1) is 21.4. The van der Waals surface area contributed by atoms with Crippen LogP contribution in [0.5, 0.6) is 0 Å². The lowest BCUT2D eigenvalue weighted by Crippen LogP contribution is -2.39. The number of morpholine rings is 1. The van der Waals surface area contributed by atoms with Gasteiger partial charge in [0.15, 0.2) is 5.78 Å². The quantitative estimate of drug-likeness (QED) is 0.497. The summed E-state index contributed by atoms with van der Waals surface area (Å²) in [7, 11) is 0. The van der Waals surface area contributed by atoms with Gasteiger partial charge < -0.3 is 13.9 Å². The average molecular weight is 530 g/mol. The predicted octanol–water partition coefficient (Wildman–Crippen LogP) is 3.54. The van der Waals surface area contributed by atoms with Gasteiger partial charge in [0.1, 0.15) is 0 Å². The molecule has 3 heterocycles. The van der Waals surface area contributed by atoms with E-state index in [1.54, 1.807) is 0 Å². The first-order chi connectivity index (χ1) is 13.1. The second-order valence-corrected chi connectivity index (χ2v) is 8.99. The molecule has 1 saturated heterocycles. The van der Waals surface area contributed by atoms with Crippen LogP contribution in [0.1, 0.15) is 9.67 Å². The number of aromatic nitrogens is 2. The second kappa shape index (κ2) is 9.49. The predicted molar refractivity (Wildman–Crippen MR) is 120 cm³/mol. The van der Waals surface area contributed by atoms with Crippen LogP contribution in [-0.4, -0.2) is 52.7 Å². The Morgan fingerprint density at radius 1 is 1.07 bits per heavy atom. The molecule has 6 nitrogen and oxygen atoms in total. The summed E-state index contributed by atoms with van der Waals surface area (Å²) in [6, 6.07) is 11.7. The Bertz CT molecular complexity index is 1020. The number of Topliss-reactive ketones (excluding diaryl/α,β-unsaturated/α-hetero) is 1. The maximum absolute atomic E-state index is 12.7. The molecule has 9 heteroatoms. The van der Waals surface area contributed by atoms with Crippen molar-refractivity contribution in [2.45, 2.75) is 13.1 Å². The smallest absolute Gasteiger partial charge is 0.203 e. The Morgan fingerprint density at radius 2 is 1.75 bits per heavy atom. The first-order valence-corrected chi connectivity index (χ1v) is 10.6. The number of para-hydroxylation sites is 2. The molecule has 0 aliphatic carbocycles. The van der Waals surface area contributed by atoms with Crippen molar-refractivity contribution in [1.29, 1.82) is 5.41 Å². The second-order valence-electron chi connectivity index (χ2n) is 6.53. The fourth-order valence-corrected chi connectivity index (χ4v) is 4.75. The molecule has 1 aliphatic heterocycles. The van der Waals surface area contributed by atoms with Crippen LogP contribution in [0.4, 0.5) is 0 Å². The van der Waals surface area contributed by atoms with Gasteiger partial charge in [-0.05, 0) is 40.2 Å². The lowest BCUT2D eigenvalue weighted by molar-refractivity contribution is 0.0363. The van der Waals surface area contributed by atoms with Crippen LogP contribution in [0.15, 0.2) is 40.2 Å². The highest BCUT2D eigenvalue weighted by atomic mass is 79.9. The number of thiophene rings is 1. The van der Waals surface area contributed by atoms with Crippen LogP contribution >= 0.6 is 44.2 Å². The van der Waals surface area contributed by atoms with E-state index in [9.17, 15) is 4.79 Å². The fraction of sp³-hybridized carbons (Fsp3) is 0.368. The number of ether oxygens (including phenoxy) is 1. The Kier molecular flexibility index (Phi) is 7.27. The van der Waals surface area contributed by atoms with E-state index in [-0.39, 0.29) is 29.3 Å². The molecule has 3 aromatic rings. The van der Waals surface area contributed by atoms with E-state index in [1.165, 1.54) is 11.3 Å². The Balaban J connectivity index is 0.00000225. The molecule has 1 N–H and O–H groups in total. The highest BCUT2D eigenvalue weighted by molar-refractivity contribution is 9.11. The minimum atomic E-state index is 0. The van der Waals surface area contributed by atoms with Crippen molar-refractivity contribution in [2.24, 2.45) is 0 Å². The van der Waals surface area contributed by atoms with Gasteiger partial charge in [0, 0.05) is 26.2 Å². The maximum Gasteiger partial charge on any atom is 0.203 e. The SMILES string of the molecule is Br.N=c1n(CCN2CCOCC2)c2ccccc2n1CC(=O)c1ccc(Br)s1. The standard InChI is InChI=1S/C19H21BrN4O2S.BrH/c20-18-6-5-17(27-18)16(25)13-24-15-4-2-1-3-14(15)23(19(24)21)8-7-22-9-11-26-12-10-22;/h1-6,21H,7-13H2;1H. The summed E-state index contributed by atoms with van der Waals surface area (Å²) in [6.45, 7) is 5.17. The van der Waals surface area contributed by atoms with Crippen LogP contribution in [0.25, 0.3) is 11.0 Å². The van der Waals surface area contributed by atoms with Gasteiger partial charge in [0.05, 0.1) is 39.5 Å². The number of carbonyl (C=O) groups excluding carboxylic acids is 1. The van der Waals surface area contributed by atoms with E-state index in [0.717, 1.165) is 54.2 Å². The number of hydrogen-bond acceptors (Lipinski definition) is 5. The molecule has 1 fully saturated rings. The van der Waals surface area contributed by atoms with Crippen LogP contribution in [-0.2, 0) is 17.8 Å². The van der Waals surface area contributed by atoms with E-state index in [2.05, 4.69) is 20.8 Å². The molecule has 2 aromatic heterocycles. The molecule has 1 aliphatic rings.